The molecule has 1 atom stereocenters. The summed E-state index contributed by atoms with van der Waals surface area (Å²) < 4.78 is 0. The van der Waals surface area contributed by atoms with Gasteiger partial charge in [0.2, 0.25) is 0 Å². The second kappa shape index (κ2) is 5.74. The van der Waals surface area contributed by atoms with Crippen LogP contribution in [0.1, 0.15) is 16.8 Å². The number of fused-ring (bicyclic) bond motifs is 3. The third-order valence-electron chi connectivity index (χ3n) is 4.96. The molecule has 0 saturated carbocycles. The van der Waals surface area contributed by atoms with E-state index in [0.717, 1.165) is 13.1 Å². The van der Waals surface area contributed by atoms with Crippen LogP contribution < -0.4 is 9.80 Å². The zero-order valence-corrected chi connectivity index (χ0v) is 13.9. The van der Waals surface area contributed by atoms with Crippen LogP contribution in [0.5, 0.6) is 0 Å². The maximum absolute atomic E-state index is 3.63. The first-order chi connectivity index (χ1) is 11.2. The Balaban J connectivity index is 1.51. The van der Waals surface area contributed by atoms with Gasteiger partial charge >= 0.3 is 0 Å². The molecule has 3 heteroatoms. The third kappa shape index (κ3) is 2.73. The van der Waals surface area contributed by atoms with E-state index in [1.165, 1.54) is 46.4 Å². The Hall–Kier alpha value is -2.26. The van der Waals surface area contributed by atoms with Crippen LogP contribution in [0.25, 0.3) is 10.9 Å². The number of H-pyrrole nitrogens is 1. The minimum atomic E-state index is 1.10. The van der Waals surface area contributed by atoms with Crippen molar-refractivity contribution < 1.29 is 4.90 Å². The number of nitrogens with one attached hydrogen (secondary N) is 2. The molecule has 3 nitrogen and oxygen atoms in total. The van der Waals surface area contributed by atoms with Crippen molar-refractivity contribution >= 4 is 16.6 Å². The first kappa shape index (κ1) is 14.3. The molecule has 0 radical (unpaired) electrons. The molecular weight excluding hydrogens is 282 g/mol. The topological polar surface area (TPSA) is 23.5 Å². The molecule has 2 aromatic carbocycles. The summed E-state index contributed by atoms with van der Waals surface area (Å²) in [6.07, 6.45) is 1.17. The normalized spacial score (nSPS) is 17.2. The van der Waals surface area contributed by atoms with Crippen LogP contribution in [0.3, 0.4) is 0 Å². The molecule has 118 valence electrons. The lowest BCUT2D eigenvalue weighted by atomic mass is 10.0. The van der Waals surface area contributed by atoms with Gasteiger partial charge in [0, 0.05) is 42.7 Å². The van der Waals surface area contributed by atoms with Gasteiger partial charge in [-0.25, -0.2) is 0 Å². The maximum atomic E-state index is 3.63. The average molecular weight is 306 g/mol. The van der Waals surface area contributed by atoms with Gasteiger partial charge in [-0.05, 0) is 23.8 Å². The minimum absolute atomic E-state index is 1.10. The van der Waals surface area contributed by atoms with Crippen molar-refractivity contribution in [1.82, 2.24) is 4.98 Å². The molecule has 0 amide bonds. The zero-order valence-electron chi connectivity index (χ0n) is 13.9. The number of benzene rings is 2. The molecule has 0 aliphatic carbocycles. The molecule has 0 saturated heterocycles. The van der Waals surface area contributed by atoms with E-state index in [-0.39, 0.29) is 0 Å². The molecule has 4 rings (SSSR count). The Labute approximate surface area is 137 Å². The van der Waals surface area contributed by atoms with Gasteiger partial charge in [0.15, 0.2) is 0 Å². The van der Waals surface area contributed by atoms with Crippen LogP contribution in [0, 0.1) is 0 Å². The molecule has 1 aromatic heterocycles. The lowest BCUT2D eigenvalue weighted by molar-refractivity contribution is -0.929. The lowest BCUT2D eigenvalue weighted by Gasteiger charge is -2.24. The Morgan fingerprint density at radius 1 is 1.04 bits per heavy atom. The Bertz CT molecular complexity index is 815. The molecule has 3 aromatic rings. The number of aromatic nitrogens is 1. The Morgan fingerprint density at radius 2 is 1.83 bits per heavy atom. The van der Waals surface area contributed by atoms with Crippen molar-refractivity contribution in [3.63, 3.8) is 0 Å². The lowest BCUT2D eigenvalue weighted by Crippen LogP contribution is -3.10. The fourth-order valence-electron chi connectivity index (χ4n) is 3.68. The smallest absolute Gasteiger partial charge is 0.118 e. The van der Waals surface area contributed by atoms with Crippen LogP contribution in [0.4, 0.5) is 5.69 Å². The van der Waals surface area contributed by atoms with Crippen molar-refractivity contribution in [2.24, 2.45) is 0 Å². The SMILES string of the molecule is CN(C)c1ccc(C[NH+]2CCc3c([nH]c4ccccc34)C2)cc1. The maximum Gasteiger partial charge on any atom is 0.118 e. The van der Waals surface area contributed by atoms with Gasteiger partial charge in [0.25, 0.3) is 0 Å². The largest absolute Gasteiger partial charge is 0.378 e. The van der Waals surface area contributed by atoms with Gasteiger partial charge in [0.05, 0.1) is 12.2 Å². The van der Waals surface area contributed by atoms with Gasteiger partial charge in [-0.1, -0.05) is 30.3 Å². The molecule has 0 bridgehead atoms. The van der Waals surface area contributed by atoms with E-state index in [1.807, 2.05) is 0 Å². The summed E-state index contributed by atoms with van der Waals surface area (Å²) in [6.45, 7) is 3.41. The Morgan fingerprint density at radius 3 is 2.61 bits per heavy atom. The summed E-state index contributed by atoms with van der Waals surface area (Å²) in [5.74, 6) is 0. The van der Waals surface area contributed by atoms with Crippen LogP contribution in [-0.4, -0.2) is 25.6 Å². The quantitative estimate of drug-likeness (QED) is 0.762. The standard InChI is InChI=1S/C20H23N3/c1-22(2)16-9-7-15(8-10-16)13-23-12-11-18-17-5-3-4-6-19(17)21-20(18)14-23/h3-10,21H,11-14H2,1-2H3/p+1. The van der Waals surface area contributed by atoms with Gasteiger partial charge in [-0.2, -0.15) is 0 Å². The highest BCUT2D eigenvalue weighted by Crippen LogP contribution is 2.23. The fourth-order valence-corrected chi connectivity index (χ4v) is 3.68. The highest BCUT2D eigenvalue weighted by Gasteiger charge is 2.23. The number of quaternary nitrogens is 1. The number of para-hydroxylation sites is 1. The minimum Gasteiger partial charge on any atom is -0.378 e. The number of aromatic amines is 1. The van der Waals surface area contributed by atoms with E-state index in [4.69, 9.17) is 0 Å². The summed E-state index contributed by atoms with van der Waals surface area (Å²) in [7, 11) is 4.17. The highest BCUT2D eigenvalue weighted by atomic mass is 15.1. The predicted octanol–water partition coefficient (Wildman–Crippen LogP) is 2.38. The van der Waals surface area contributed by atoms with E-state index in [1.54, 1.807) is 4.90 Å². The van der Waals surface area contributed by atoms with E-state index >= 15 is 0 Å². The Kier molecular flexibility index (Phi) is 3.58. The number of hydrogen-bond donors (Lipinski definition) is 2. The first-order valence-corrected chi connectivity index (χ1v) is 8.39. The highest BCUT2D eigenvalue weighted by molar-refractivity contribution is 5.84. The summed E-state index contributed by atoms with van der Waals surface area (Å²) in [6, 6.07) is 17.7. The van der Waals surface area contributed by atoms with Gasteiger partial charge in [-0.3, -0.25) is 0 Å². The summed E-state index contributed by atoms with van der Waals surface area (Å²) in [5, 5.41) is 1.41. The second-order valence-corrected chi connectivity index (χ2v) is 6.79. The number of rotatable bonds is 3. The molecule has 2 N–H and O–H groups in total. The molecule has 1 aliphatic heterocycles. The molecular formula is C20H24N3+. The van der Waals surface area contributed by atoms with Crippen molar-refractivity contribution in [3.05, 3.63) is 65.4 Å². The molecule has 0 spiro atoms. The molecule has 2 heterocycles. The van der Waals surface area contributed by atoms with Gasteiger partial charge in [-0.15, -0.1) is 0 Å². The molecule has 0 fully saturated rings. The van der Waals surface area contributed by atoms with Crippen LogP contribution in [0.2, 0.25) is 0 Å². The van der Waals surface area contributed by atoms with E-state index in [2.05, 4.69) is 72.5 Å². The molecule has 1 unspecified atom stereocenters. The van der Waals surface area contributed by atoms with E-state index in [0.29, 0.717) is 0 Å². The monoisotopic (exact) mass is 306 g/mol. The third-order valence-corrected chi connectivity index (χ3v) is 4.96. The predicted molar refractivity (Wildman–Crippen MR) is 96.0 cm³/mol. The summed E-state index contributed by atoms with van der Waals surface area (Å²) in [4.78, 5) is 7.42. The number of anilines is 1. The van der Waals surface area contributed by atoms with Gasteiger partial charge in [0.1, 0.15) is 13.1 Å². The van der Waals surface area contributed by atoms with Crippen LogP contribution in [0.15, 0.2) is 48.5 Å². The van der Waals surface area contributed by atoms with E-state index in [9.17, 15) is 0 Å². The van der Waals surface area contributed by atoms with Crippen molar-refractivity contribution in [3.8, 4) is 0 Å². The van der Waals surface area contributed by atoms with Crippen LogP contribution in [-0.2, 0) is 19.5 Å². The average Bonchev–Trinajstić information content (AvgIpc) is 2.93. The van der Waals surface area contributed by atoms with Crippen molar-refractivity contribution in [2.75, 3.05) is 25.5 Å². The molecule has 23 heavy (non-hydrogen) atoms. The molecule has 1 aliphatic rings. The van der Waals surface area contributed by atoms with Gasteiger partial charge < -0.3 is 14.8 Å². The first-order valence-electron chi connectivity index (χ1n) is 8.39. The summed E-state index contributed by atoms with van der Waals surface area (Å²) >= 11 is 0. The zero-order chi connectivity index (χ0) is 15.8. The summed E-state index contributed by atoms with van der Waals surface area (Å²) in [5.41, 5.74) is 6.93. The second-order valence-electron chi connectivity index (χ2n) is 6.79. The number of nitrogens with zero attached hydrogens (tertiary/aromatic N) is 1. The van der Waals surface area contributed by atoms with Crippen LogP contribution >= 0.6 is 0 Å². The number of hydrogen-bond acceptors (Lipinski definition) is 1. The van der Waals surface area contributed by atoms with Crippen molar-refractivity contribution in [1.29, 1.82) is 0 Å². The van der Waals surface area contributed by atoms with E-state index < -0.39 is 0 Å². The fraction of sp³-hybridized carbons (Fsp3) is 0.300. The van der Waals surface area contributed by atoms with Crippen molar-refractivity contribution in [2.45, 2.75) is 19.5 Å².